The van der Waals surface area contributed by atoms with E-state index in [1.165, 1.54) is 10.5 Å². The Morgan fingerprint density at radius 2 is 1.19 bits per heavy atom. The number of hydrogen-bond acceptors (Lipinski definition) is 3. The second kappa shape index (κ2) is 8.92. The summed E-state index contributed by atoms with van der Waals surface area (Å²) in [4.78, 5) is 29.6. The summed E-state index contributed by atoms with van der Waals surface area (Å²) < 4.78 is 6.36. The molecule has 0 saturated heterocycles. The Bertz CT molecular complexity index is 2300. The Morgan fingerprint density at radius 3 is 1.81 bits per heavy atom. The molecule has 0 unspecified atom stereocenters. The minimum absolute atomic E-state index is 0.327. The highest BCUT2D eigenvalue weighted by Crippen LogP contribution is 2.46. The van der Waals surface area contributed by atoms with Gasteiger partial charge in [-0.05, 0) is 107 Å². The van der Waals surface area contributed by atoms with Crippen LogP contribution in [-0.2, 0) is 0 Å². The molecule has 0 aromatic heterocycles. The maximum atomic E-state index is 14.1. The predicted molar refractivity (Wildman–Crippen MR) is 174 cm³/mol. The third-order valence-electron chi connectivity index (χ3n) is 8.74. The zero-order chi connectivity index (χ0) is 29.6. The Hall–Kier alpha value is -5.66. The van der Waals surface area contributed by atoms with Gasteiger partial charge in [0.05, 0.1) is 5.69 Å². The first kappa shape index (κ1) is 25.1. The molecule has 2 amide bonds. The molecule has 1 aliphatic rings. The van der Waals surface area contributed by atoms with E-state index >= 15 is 0 Å². The quantitative estimate of drug-likeness (QED) is 0.0945. The molecule has 0 fully saturated rings. The number of carbonyl (C=O) groups excluding carboxylic acids is 2. The first-order valence-corrected chi connectivity index (χ1v) is 14.2. The van der Waals surface area contributed by atoms with Crippen LogP contribution in [0.15, 0.2) is 91.0 Å². The number of aryl methyl sites for hydroxylation is 3. The molecule has 43 heavy (non-hydrogen) atoms. The number of imide groups is 1. The number of hydrogen-bond donors (Lipinski definition) is 0. The first-order valence-electron chi connectivity index (χ1n) is 14.2. The van der Waals surface area contributed by atoms with Crippen molar-refractivity contribution >= 4 is 60.6 Å². The normalized spacial score (nSPS) is 13.0. The number of nitrogens with zero attached hydrogens (tertiary/aromatic N) is 1. The third-order valence-corrected chi connectivity index (χ3v) is 8.74. The summed E-state index contributed by atoms with van der Waals surface area (Å²) in [6.07, 6.45) is 5.64. The SMILES string of the molecule is C#Cc1cc(C)c(N2C(=O)c3ccc4c5cccc6c(Oc7ccc(C)cc7)ccc(c7ccc(c3c47)C2=O)c65)c(C)c1. The average molecular weight is 556 g/mol. The van der Waals surface area contributed by atoms with Crippen LogP contribution < -0.4 is 9.64 Å². The van der Waals surface area contributed by atoms with Crippen molar-refractivity contribution in [3.8, 4) is 23.8 Å². The van der Waals surface area contributed by atoms with Gasteiger partial charge in [-0.1, -0.05) is 53.9 Å². The van der Waals surface area contributed by atoms with Crippen molar-refractivity contribution in [3.05, 3.63) is 124 Å². The molecule has 4 heteroatoms. The molecule has 1 heterocycles. The molecule has 0 saturated carbocycles. The highest BCUT2D eigenvalue weighted by atomic mass is 16.5. The highest BCUT2D eigenvalue weighted by Gasteiger charge is 2.36. The molecule has 4 nitrogen and oxygen atoms in total. The number of terminal acetylenes is 1. The van der Waals surface area contributed by atoms with Crippen molar-refractivity contribution in [1.82, 2.24) is 0 Å². The number of anilines is 1. The fourth-order valence-corrected chi connectivity index (χ4v) is 6.88. The number of rotatable bonds is 3. The highest BCUT2D eigenvalue weighted by molar-refractivity contribution is 6.42. The molecule has 0 bridgehead atoms. The van der Waals surface area contributed by atoms with Gasteiger partial charge in [-0.3, -0.25) is 9.59 Å². The van der Waals surface area contributed by atoms with Gasteiger partial charge in [-0.25, -0.2) is 4.90 Å². The van der Waals surface area contributed by atoms with E-state index in [0.29, 0.717) is 22.2 Å². The smallest absolute Gasteiger partial charge is 0.266 e. The van der Waals surface area contributed by atoms with Gasteiger partial charge in [0.1, 0.15) is 11.5 Å². The van der Waals surface area contributed by atoms with Crippen LogP contribution in [0.1, 0.15) is 43.0 Å². The van der Waals surface area contributed by atoms with Crippen LogP contribution in [0.25, 0.3) is 43.1 Å². The van der Waals surface area contributed by atoms with Crippen molar-refractivity contribution in [2.45, 2.75) is 20.8 Å². The summed E-state index contributed by atoms with van der Waals surface area (Å²) in [5, 5.41) is 7.85. The maximum Gasteiger partial charge on any atom is 0.266 e. The zero-order valence-corrected chi connectivity index (χ0v) is 23.9. The molecule has 0 spiro atoms. The fourth-order valence-electron chi connectivity index (χ4n) is 6.88. The van der Waals surface area contributed by atoms with E-state index in [1.54, 1.807) is 0 Å². The summed E-state index contributed by atoms with van der Waals surface area (Å²) in [7, 11) is 0. The number of benzene rings is 7. The average Bonchev–Trinajstić information content (AvgIpc) is 3.01. The van der Waals surface area contributed by atoms with E-state index in [0.717, 1.165) is 65.9 Å². The predicted octanol–water partition coefficient (Wildman–Crippen LogP) is 9.24. The van der Waals surface area contributed by atoms with Crippen molar-refractivity contribution in [1.29, 1.82) is 0 Å². The molecule has 7 aromatic rings. The van der Waals surface area contributed by atoms with E-state index < -0.39 is 0 Å². The summed E-state index contributed by atoms with van der Waals surface area (Å²) in [6.45, 7) is 5.82. The number of amides is 2. The molecular weight excluding hydrogens is 530 g/mol. The van der Waals surface area contributed by atoms with Crippen molar-refractivity contribution in [2.75, 3.05) is 4.90 Å². The van der Waals surface area contributed by atoms with Crippen molar-refractivity contribution in [2.24, 2.45) is 0 Å². The summed E-state index contributed by atoms with van der Waals surface area (Å²) in [6, 6.07) is 29.8. The first-order chi connectivity index (χ1) is 20.9. The Labute approximate surface area is 248 Å². The second-order valence-corrected chi connectivity index (χ2v) is 11.4. The Kier molecular flexibility index (Phi) is 5.20. The fraction of sp³-hybridized carbons (Fsp3) is 0.0769. The molecule has 0 radical (unpaired) electrons. The van der Waals surface area contributed by atoms with Crippen LogP contribution in [0.5, 0.6) is 11.5 Å². The van der Waals surface area contributed by atoms with Crippen molar-refractivity contribution in [3.63, 3.8) is 0 Å². The molecule has 0 aliphatic carbocycles. The molecular formula is C39H25NO3. The van der Waals surface area contributed by atoms with E-state index in [9.17, 15) is 9.59 Å². The largest absolute Gasteiger partial charge is 0.457 e. The lowest BCUT2D eigenvalue weighted by Crippen LogP contribution is -2.41. The standard InChI is InChI=1S/C39H25NO3/c1-5-24-19-22(3)37(23(4)20-24)40-38(41)31-15-13-28-26-7-6-8-30-33(43-25-11-9-21(2)10-12-25)18-17-27(34(26)30)29-14-16-32(39(40)42)36(31)35(28)29/h1,6-20H,2-4H3. The molecule has 204 valence electrons. The summed E-state index contributed by atoms with van der Waals surface area (Å²) in [5.74, 6) is 3.56. The lowest BCUT2D eigenvalue weighted by Gasteiger charge is -2.30. The van der Waals surface area contributed by atoms with E-state index in [4.69, 9.17) is 11.2 Å². The second-order valence-electron chi connectivity index (χ2n) is 11.4. The Balaban J connectivity index is 1.37. The van der Waals surface area contributed by atoms with E-state index in [-0.39, 0.29) is 11.8 Å². The van der Waals surface area contributed by atoms with E-state index in [1.807, 2.05) is 86.6 Å². The zero-order valence-electron chi connectivity index (χ0n) is 23.9. The van der Waals surface area contributed by atoms with Crippen LogP contribution in [0, 0.1) is 33.1 Å². The minimum Gasteiger partial charge on any atom is -0.457 e. The summed E-state index contributed by atoms with van der Waals surface area (Å²) >= 11 is 0. The van der Waals surface area contributed by atoms with Gasteiger partial charge in [0.2, 0.25) is 0 Å². The molecule has 8 rings (SSSR count). The van der Waals surface area contributed by atoms with Gasteiger partial charge in [-0.15, -0.1) is 6.42 Å². The van der Waals surface area contributed by atoms with Gasteiger partial charge in [0.25, 0.3) is 11.8 Å². The van der Waals surface area contributed by atoms with Gasteiger partial charge in [0, 0.05) is 32.8 Å². The van der Waals surface area contributed by atoms with Crippen LogP contribution in [-0.4, -0.2) is 11.8 Å². The molecule has 7 aromatic carbocycles. The lowest BCUT2D eigenvalue weighted by atomic mass is 9.84. The van der Waals surface area contributed by atoms with Crippen LogP contribution in [0.2, 0.25) is 0 Å². The molecule has 1 aliphatic heterocycles. The Morgan fingerprint density at radius 1 is 0.628 bits per heavy atom. The van der Waals surface area contributed by atoms with Gasteiger partial charge < -0.3 is 4.74 Å². The third kappa shape index (κ3) is 3.46. The molecule has 0 atom stereocenters. The van der Waals surface area contributed by atoms with Crippen LogP contribution in [0.3, 0.4) is 0 Å². The van der Waals surface area contributed by atoms with Crippen LogP contribution >= 0.6 is 0 Å². The van der Waals surface area contributed by atoms with Gasteiger partial charge >= 0.3 is 0 Å². The van der Waals surface area contributed by atoms with Crippen molar-refractivity contribution < 1.29 is 14.3 Å². The minimum atomic E-state index is -0.327. The molecule has 0 N–H and O–H groups in total. The maximum absolute atomic E-state index is 14.1. The van der Waals surface area contributed by atoms with Gasteiger partial charge in [-0.2, -0.15) is 0 Å². The van der Waals surface area contributed by atoms with Crippen LogP contribution in [0.4, 0.5) is 5.69 Å². The number of fused-ring (bicyclic) bond motifs is 2. The van der Waals surface area contributed by atoms with Gasteiger partial charge in [0.15, 0.2) is 0 Å². The topological polar surface area (TPSA) is 46.6 Å². The number of carbonyl (C=O) groups is 2. The number of ether oxygens (including phenoxy) is 1. The lowest BCUT2D eigenvalue weighted by molar-refractivity contribution is 0.0893. The monoisotopic (exact) mass is 555 g/mol. The van der Waals surface area contributed by atoms with E-state index in [2.05, 4.69) is 31.0 Å². The summed E-state index contributed by atoms with van der Waals surface area (Å²) in [5.41, 5.74) is 5.09.